The van der Waals surface area contributed by atoms with Crippen molar-refractivity contribution in [3.05, 3.63) is 65.7 Å². The Morgan fingerprint density at radius 3 is 2.50 bits per heavy atom. The zero-order chi connectivity index (χ0) is 19.8. The lowest BCUT2D eigenvalue weighted by atomic mass is 10.0. The quantitative estimate of drug-likeness (QED) is 0.688. The lowest BCUT2D eigenvalue weighted by Gasteiger charge is -2.35. The molecule has 3 rings (SSSR count). The zero-order valence-electron chi connectivity index (χ0n) is 16.1. The molecule has 6 heteroatoms. The topological polar surface area (TPSA) is 87.5 Å². The van der Waals surface area contributed by atoms with E-state index in [1.165, 1.54) is 12.8 Å². The maximum atomic E-state index is 12.4. The Kier molecular flexibility index (Phi) is 7.17. The van der Waals surface area contributed by atoms with Gasteiger partial charge in [0, 0.05) is 30.4 Å². The maximum Gasteiger partial charge on any atom is 0.255 e. The van der Waals surface area contributed by atoms with Crippen LogP contribution < -0.4 is 16.4 Å². The van der Waals surface area contributed by atoms with Crippen LogP contribution in [0.1, 0.15) is 35.2 Å². The molecule has 2 aromatic carbocycles. The zero-order valence-corrected chi connectivity index (χ0v) is 16.1. The highest BCUT2D eigenvalue weighted by molar-refractivity contribution is 6.04. The van der Waals surface area contributed by atoms with E-state index in [-0.39, 0.29) is 18.4 Å². The van der Waals surface area contributed by atoms with Crippen LogP contribution in [0.15, 0.2) is 54.6 Å². The highest BCUT2D eigenvalue weighted by atomic mass is 16.2. The van der Waals surface area contributed by atoms with Gasteiger partial charge in [-0.3, -0.25) is 14.5 Å². The highest BCUT2D eigenvalue weighted by Gasteiger charge is 2.22. The van der Waals surface area contributed by atoms with Crippen molar-refractivity contribution in [2.24, 2.45) is 5.73 Å². The van der Waals surface area contributed by atoms with Gasteiger partial charge in [0.2, 0.25) is 5.91 Å². The normalized spacial score (nSPS) is 17.1. The van der Waals surface area contributed by atoms with Crippen LogP contribution in [0.25, 0.3) is 0 Å². The largest absolute Gasteiger partial charge is 0.353 e. The molecule has 0 radical (unpaired) electrons. The van der Waals surface area contributed by atoms with E-state index in [1.54, 1.807) is 0 Å². The first-order valence-electron chi connectivity index (χ1n) is 9.82. The van der Waals surface area contributed by atoms with Crippen molar-refractivity contribution in [1.29, 1.82) is 0 Å². The number of anilines is 1. The number of nitrogens with two attached hydrogens (primary N) is 1. The standard InChI is InChI=1S/C22H28N4O2/c23-14-21(27)24-15-20-8-4-5-13-26(20)16-17-9-11-18(12-10-17)22(28)25-19-6-2-1-3-7-19/h1-3,6-7,9-12,20H,4-5,8,13-16,23H2,(H,24,27)(H,25,28). The van der Waals surface area contributed by atoms with Gasteiger partial charge in [0.15, 0.2) is 0 Å². The number of carbonyl (C=O) groups excluding carboxylic acids is 2. The first kappa shape index (κ1) is 20.0. The van der Waals surface area contributed by atoms with Crippen molar-refractivity contribution in [3.8, 4) is 0 Å². The molecule has 1 heterocycles. The summed E-state index contributed by atoms with van der Waals surface area (Å²) in [7, 11) is 0. The molecule has 2 aromatic rings. The van der Waals surface area contributed by atoms with E-state index in [9.17, 15) is 9.59 Å². The van der Waals surface area contributed by atoms with Crippen LogP contribution in [0.5, 0.6) is 0 Å². The Bertz CT molecular complexity index is 777. The number of carbonyl (C=O) groups is 2. The number of nitrogens with zero attached hydrogens (tertiary/aromatic N) is 1. The fraction of sp³-hybridized carbons (Fsp3) is 0.364. The van der Waals surface area contributed by atoms with Crippen LogP contribution in [0.2, 0.25) is 0 Å². The summed E-state index contributed by atoms with van der Waals surface area (Å²) in [6.07, 6.45) is 3.42. The van der Waals surface area contributed by atoms with Crippen LogP contribution in [0, 0.1) is 0 Å². The Morgan fingerprint density at radius 1 is 1.04 bits per heavy atom. The van der Waals surface area contributed by atoms with Gasteiger partial charge in [-0.15, -0.1) is 0 Å². The number of hydrogen-bond acceptors (Lipinski definition) is 4. The maximum absolute atomic E-state index is 12.4. The minimum Gasteiger partial charge on any atom is -0.353 e. The number of rotatable bonds is 7. The molecular weight excluding hydrogens is 352 g/mol. The summed E-state index contributed by atoms with van der Waals surface area (Å²) in [6, 6.07) is 17.5. The van der Waals surface area contributed by atoms with E-state index >= 15 is 0 Å². The average molecular weight is 380 g/mol. The molecule has 0 bridgehead atoms. The third kappa shape index (κ3) is 5.65. The SMILES string of the molecule is NCC(=O)NCC1CCCCN1Cc1ccc(C(=O)Nc2ccccc2)cc1. The third-order valence-corrected chi connectivity index (χ3v) is 5.10. The molecular formula is C22H28N4O2. The second-order valence-corrected chi connectivity index (χ2v) is 7.15. The molecule has 1 fully saturated rings. The predicted octanol–water partition coefficient (Wildman–Crippen LogP) is 2.37. The van der Waals surface area contributed by atoms with Crippen LogP contribution in [-0.4, -0.2) is 42.4 Å². The van der Waals surface area contributed by atoms with Crippen molar-refractivity contribution >= 4 is 17.5 Å². The van der Waals surface area contributed by atoms with E-state index in [0.29, 0.717) is 18.2 Å². The minimum absolute atomic E-state index is 0.0270. The van der Waals surface area contributed by atoms with Crippen molar-refractivity contribution in [2.75, 3.05) is 25.0 Å². The van der Waals surface area contributed by atoms with Gasteiger partial charge in [-0.05, 0) is 49.2 Å². The summed E-state index contributed by atoms with van der Waals surface area (Å²) in [5.41, 5.74) is 7.96. The monoisotopic (exact) mass is 380 g/mol. The summed E-state index contributed by atoms with van der Waals surface area (Å²) < 4.78 is 0. The van der Waals surface area contributed by atoms with E-state index in [0.717, 1.165) is 30.8 Å². The van der Waals surface area contributed by atoms with E-state index in [2.05, 4.69) is 15.5 Å². The van der Waals surface area contributed by atoms with Gasteiger partial charge in [0.25, 0.3) is 5.91 Å². The summed E-state index contributed by atoms with van der Waals surface area (Å²) >= 11 is 0. The second kappa shape index (κ2) is 10.0. The Balaban J connectivity index is 1.57. The molecule has 4 N–H and O–H groups in total. The lowest BCUT2D eigenvalue weighted by molar-refractivity contribution is -0.120. The molecule has 1 aliphatic rings. The smallest absolute Gasteiger partial charge is 0.255 e. The highest BCUT2D eigenvalue weighted by Crippen LogP contribution is 2.20. The molecule has 0 aromatic heterocycles. The van der Waals surface area contributed by atoms with Crippen LogP contribution in [-0.2, 0) is 11.3 Å². The van der Waals surface area contributed by atoms with Gasteiger partial charge < -0.3 is 16.4 Å². The summed E-state index contributed by atoms with van der Waals surface area (Å²) in [4.78, 5) is 26.2. The molecule has 1 atom stereocenters. The fourth-order valence-electron chi connectivity index (χ4n) is 3.52. The first-order valence-corrected chi connectivity index (χ1v) is 9.82. The molecule has 28 heavy (non-hydrogen) atoms. The molecule has 1 aliphatic heterocycles. The van der Waals surface area contributed by atoms with E-state index < -0.39 is 0 Å². The van der Waals surface area contributed by atoms with Crippen LogP contribution >= 0.6 is 0 Å². The Morgan fingerprint density at radius 2 is 1.79 bits per heavy atom. The van der Waals surface area contributed by atoms with Gasteiger partial charge in [-0.2, -0.15) is 0 Å². The second-order valence-electron chi connectivity index (χ2n) is 7.15. The number of para-hydroxylation sites is 1. The predicted molar refractivity (Wildman–Crippen MR) is 111 cm³/mol. The third-order valence-electron chi connectivity index (χ3n) is 5.10. The van der Waals surface area contributed by atoms with Gasteiger partial charge >= 0.3 is 0 Å². The number of nitrogens with one attached hydrogen (secondary N) is 2. The van der Waals surface area contributed by atoms with Gasteiger partial charge in [-0.25, -0.2) is 0 Å². The number of piperidine rings is 1. The first-order chi connectivity index (χ1) is 13.7. The molecule has 2 amide bonds. The Labute approximate surface area is 166 Å². The van der Waals surface area contributed by atoms with Gasteiger partial charge in [-0.1, -0.05) is 36.8 Å². The number of amides is 2. The molecule has 0 saturated carbocycles. The minimum atomic E-state index is -0.113. The van der Waals surface area contributed by atoms with Crippen molar-refractivity contribution < 1.29 is 9.59 Å². The van der Waals surface area contributed by atoms with Crippen molar-refractivity contribution in [3.63, 3.8) is 0 Å². The average Bonchev–Trinajstić information content (AvgIpc) is 2.74. The van der Waals surface area contributed by atoms with Crippen LogP contribution in [0.3, 0.4) is 0 Å². The summed E-state index contributed by atoms with van der Waals surface area (Å²) in [6.45, 7) is 2.48. The number of hydrogen-bond donors (Lipinski definition) is 3. The van der Waals surface area contributed by atoms with Gasteiger partial charge in [0.05, 0.1) is 6.54 Å². The molecule has 0 spiro atoms. The molecule has 148 valence electrons. The molecule has 6 nitrogen and oxygen atoms in total. The summed E-state index contributed by atoms with van der Waals surface area (Å²) in [5, 5.41) is 5.81. The van der Waals surface area contributed by atoms with Crippen molar-refractivity contribution in [1.82, 2.24) is 10.2 Å². The Hall–Kier alpha value is -2.70. The molecule has 0 aliphatic carbocycles. The van der Waals surface area contributed by atoms with E-state index in [1.807, 2.05) is 54.6 Å². The molecule has 1 unspecified atom stereocenters. The summed E-state index contributed by atoms with van der Waals surface area (Å²) in [5.74, 6) is -0.225. The molecule has 1 saturated heterocycles. The van der Waals surface area contributed by atoms with E-state index in [4.69, 9.17) is 5.73 Å². The lowest BCUT2D eigenvalue weighted by Crippen LogP contribution is -2.47. The number of likely N-dealkylation sites (tertiary alicyclic amines) is 1. The van der Waals surface area contributed by atoms with Crippen molar-refractivity contribution in [2.45, 2.75) is 31.8 Å². The van der Waals surface area contributed by atoms with Gasteiger partial charge in [0.1, 0.15) is 0 Å². The fourth-order valence-corrected chi connectivity index (χ4v) is 3.52. The number of benzene rings is 2. The van der Waals surface area contributed by atoms with Crippen LogP contribution in [0.4, 0.5) is 5.69 Å².